The minimum Gasteiger partial charge on any atom is -0.507 e. The molecule has 158 valence electrons. The normalized spacial score (nSPS) is 17.8. The van der Waals surface area contributed by atoms with Crippen LogP contribution < -0.4 is 14.4 Å². The van der Waals surface area contributed by atoms with Gasteiger partial charge in [0.2, 0.25) is 0 Å². The summed E-state index contributed by atoms with van der Waals surface area (Å²) in [6.07, 6.45) is 0. The molecule has 6 nitrogen and oxygen atoms in total. The molecule has 1 unspecified atom stereocenters. The number of para-hydroxylation sites is 2. The highest BCUT2D eigenvalue weighted by molar-refractivity contribution is 7.10. The van der Waals surface area contributed by atoms with Gasteiger partial charge in [-0.1, -0.05) is 29.8 Å². The van der Waals surface area contributed by atoms with Crippen molar-refractivity contribution in [1.82, 2.24) is 0 Å². The number of anilines is 1. The number of benzene rings is 2. The maximum absolute atomic E-state index is 13.1. The second-order valence-electron chi connectivity index (χ2n) is 6.71. The number of amides is 1. The van der Waals surface area contributed by atoms with Crippen molar-refractivity contribution >= 4 is 46.1 Å². The average Bonchev–Trinajstić information content (AvgIpc) is 3.40. The van der Waals surface area contributed by atoms with Gasteiger partial charge in [0.15, 0.2) is 0 Å². The lowest BCUT2D eigenvalue weighted by Crippen LogP contribution is -2.29. The van der Waals surface area contributed by atoms with Crippen LogP contribution in [0.25, 0.3) is 5.76 Å². The van der Waals surface area contributed by atoms with E-state index in [0.29, 0.717) is 22.7 Å². The van der Waals surface area contributed by atoms with E-state index in [2.05, 4.69) is 0 Å². The summed E-state index contributed by atoms with van der Waals surface area (Å²) in [4.78, 5) is 28.3. The lowest BCUT2D eigenvalue weighted by atomic mass is 9.99. The zero-order chi connectivity index (χ0) is 22.1. The fourth-order valence-corrected chi connectivity index (χ4v) is 4.68. The van der Waals surface area contributed by atoms with Crippen molar-refractivity contribution in [2.45, 2.75) is 6.04 Å². The fourth-order valence-electron chi connectivity index (χ4n) is 3.59. The molecule has 0 spiro atoms. The summed E-state index contributed by atoms with van der Waals surface area (Å²) in [5.41, 5.74) is 0.738. The monoisotopic (exact) mass is 455 g/mol. The number of ketones is 1. The molecular formula is C23H18ClNO5S. The maximum atomic E-state index is 13.1. The predicted molar refractivity (Wildman–Crippen MR) is 120 cm³/mol. The molecule has 8 heteroatoms. The van der Waals surface area contributed by atoms with Gasteiger partial charge >= 0.3 is 0 Å². The summed E-state index contributed by atoms with van der Waals surface area (Å²) < 4.78 is 10.6. The van der Waals surface area contributed by atoms with E-state index in [0.717, 1.165) is 4.88 Å². The van der Waals surface area contributed by atoms with Gasteiger partial charge in [0.1, 0.15) is 23.3 Å². The summed E-state index contributed by atoms with van der Waals surface area (Å²) in [6.45, 7) is 0. The molecule has 0 radical (unpaired) electrons. The summed E-state index contributed by atoms with van der Waals surface area (Å²) in [5, 5.41) is 13.2. The molecule has 31 heavy (non-hydrogen) atoms. The Kier molecular flexibility index (Phi) is 5.71. The van der Waals surface area contributed by atoms with Gasteiger partial charge in [-0.05, 0) is 41.8 Å². The highest BCUT2D eigenvalue weighted by atomic mass is 35.5. The molecule has 0 bridgehead atoms. The summed E-state index contributed by atoms with van der Waals surface area (Å²) in [5.74, 6) is -0.961. The van der Waals surface area contributed by atoms with Gasteiger partial charge < -0.3 is 14.6 Å². The number of hydrogen-bond acceptors (Lipinski definition) is 6. The SMILES string of the molecule is COc1ccc(/C(O)=C2/C(=O)C(=O)N(c3ccccc3OC)C2c2cccs2)cc1Cl. The number of hydrogen-bond donors (Lipinski definition) is 1. The molecule has 1 saturated heterocycles. The van der Waals surface area contributed by atoms with Crippen molar-refractivity contribution in [3.63, 3.8) is 0 Å². The molecule has 1 N–H and O–H groups in total. The van der Waals surface area contributed by atoms with E-state index >= 15 is 0 Å². The van der Waals surface area contributed by atoms with E-state index in [1.165, 1.54) is 36.5 Å². The van der Waals surface area contributed by atoms with Crippen LogP contribution in [0.15, 0.2) is 65.6 Å². The number of methoxy groups -OCH3 is 2. The van der Waals surface area contributed by atoms with Crippen LogP contribution in [0.4, 0.5) is 5.69 Å². The molecule has 3 aromatic rings. The Balaban J connectivity index is 1.93. The molecule has 2 heterocycles. The van der Waals surface area contributed by atoms with Gasteiger partial charge in [-0.3, -0.25) is 14.5 Å². The van der Waals surface area contributed by atoms with Gasteiger partial charge in [-0.15, -0.1) is 11.3 Å². The predicted octanol–water partition coefficient (Wildman–Crippen LogP) is 5.05. The lowest BCUT2D eigenvalue weighted by Gasteiger charge is -2.25. The first-order valence-corrected chi connectivity index (χ1v) is 10.5. The zero-order valence-corrected chi connectivity index (χ0v) is 18.2. The summed E-state index contributed by atoms with van der Waals surface area (Å²) >= 11 is 7.59. The molecule has 0 aliphatic carbocycles. The molecule has 1 aliphatic rings. The van der Waals surface area contributed by atoms with Gasteiger partial charge in [0.05, 0.1) is 30.5 Å². The molecule has 0 saturated carbocycles. The van der Waals surface area contributed by atoms with Crippen LogP contribution in [0.1, 0.15) is 16.5 Å². The molecule has 1 amide bonds. The maximum Gasteiger partial charge on any atom is 0.300 e. The van der Waals surface area contributed by atoms with E-state index in [1.807, 2.05) is 17.5 Å². The molecule has 1 aromatic heterocycles. The van der Waals surface area contributed by atoms with Crippen LogP contribution in [0.5, 0.6) is 11.5 Å². The molecule has 1 atom stereocenters. The Bertz CT molecular complexity index is 1190. The minimum absolute atomic E-state index is 0.0143. The third-order valence-electron chi connectivity index (χ3n) is 5.03. The average molecular weight is 456 g/mol. The lowest BCUT2D eigenvalue weighted by molar-refractivity contribution is -0.132. The number of aliphatic hydroxyl groups excluding tert-OH is 1. The van der Waals surface area contributed by atoms with Crippen LogP contribution >= 0.6 is 22.9 Å². The zero-order valence-electron chi connectivity index (χ0n) is 16.7. The minimum atomic E-state index is -0.808. The molecule has 2 aromatic carbocycles. The van der Waals surface area contributed by atoms with Crippen LogP contribution in [0.3, 0.4) is 0 Å². The Labute approximate surface area is 187 Å². The van der Waals surface area contributed by atoms with Crippen LogP contribution in [0, 0.1) is 0 Å². The molecular weight excluding hydrogens is 438 g/mol. The van der Waals surface area contributed by atoms with Crippen molar-refractivity contribution in [2.24, 2.45) is 0 Å². The summed E-state index contributed by atoms with van der Waals surface area (Å²) in [7, 11) is 2.98. The number of aliphatic hydroxyl groups is 1. The van der Waals surface area contributed by atoms with Gasteiger partial charge in [-0.2, -0.15) is 0 Å². The van der Waals surface area contributed by atoms with E-state index in [1.54, 1.807) is 36.4 Å². The van der Waals surface area contributed by atoms with Crippen molar-refractivity contribution in [2.75, 3.05) is 19.1 Å². The first-order chi connectivity index (χ1) is 15.0. The Morgan fingerprint density at radius 2 is 1.77 bits per heavy atom. The fraction of sp³-hybridized carbons (Fsp3) is 0.130. The molecule has 4 rings (SSSR count). The number of rotatable bonds is 5. The third kappa shape index (κ3) is 3.56. The number of thiophene rings is 1. The van der Waals surface area contributed by atoms with Crippen LogP contribution in [-0.4, -0.2) is 31.0 Å². The number of nitrogens with zero attached hydrogens (tertiary/aromatic N) is 1. The van der Waals surface area contributed by atoms with Crippen molar-refractivity contribution in [1.29, 1.82) is 0 Å². The number of ether oxygens (including phenoxy) is 2. The van der Waals surface area contributed by atoms with E-state index in [4.69, 9.17) is 21.1 Å². The second kappa shape index (κ2) is 8.45. The van der Waals surface area contributed by atoms with E-state index in [9.17, 15) is 14.7 Å². The van der Waals surface area contributed by atoms with Gasteiger partial charge in [-0.25, -0.2) is 0 Å². The van der Waals surface area contributed by atoms with E-state index < -0.39 is 17.7 Å². The van der Waals surface area contributed by atoms with Gasteiger partial charge in [0.25, 0.3) is 11.7 Å². The number of carbonyl (C=O) groups is 2. The molecule has 1 fully saturated rings. The topological polar surface area (TPSA) is 76.1 Å². The highest BCUT2D eigenvalue weighted by Gasteiger charge is 2.48. The van der Waals surface area contributed by atoms with Gasteiger partial charge in [0, 0.05) is 10.4 Å². The van der Waals surface area contributed by atoms with Crippen LogP contribution in [-0.2, 0) is 9.59 Å². The quantitative estimate of drug-likeness (QED) is 0.331. The second-order valence-corrected chi connectivity index (χ2v) is 8.09. The smallest absolute Gasteiger partial charge is 0.300 e. The third-order valence-corrected chi connectivity index (χ3v) is 6.25. The largest absolute Gasteiger partial charge is 0.507 e. The first kappa shape index (κ1) is 21.0. The van der Waals surface area contributed by atoms with Crippen LogP contribution in [0.2, 0.25) is 5.02 Å². The van der Waals surface area contributed by atoms with E-state index in [-0.39, 0.29) is 16.4 Å². The number of Topliss-reactive ketones (excluding diaryl/α,β-unsaturated/α-hetero) is 1. The van der Waals surface area contributed by atoms with Crippen molar-refractivity contribution < 1.29 is 24.2 Å². The van der Waals surface area contributed by atoms with Crippen molar-refractivity contribution in [3.8, 4) is 11.5 Å². The Morgan fingerprint density at radius 3 is 2.42 bits per heavy atom. The Morgan fingerprint density at radius 1 is 1.03 bits per heavy atom. The highest BCUT2D eigenvalue weighted by Crippen LogP contribution is 2.46. The molecule has 1 aliphatic heterocycles. The number of halogens is 1. The first-order valence-electron chi connectivity index (χ1n) is 9.29. The standard InChI is InChI=1S/C23H18ClNO5S/c1-29-16-10-9-13(12-14(16)24)21(26)19-20(18-8-5-11-31-18)25(23(28)22(19)27)15-6-3-4-7-17(15)30-2/h3-12,20,26H,1-2H3/b21-19-. The van der Waals surface area contributed by atoms with Crippen molar-refractivity contribution in [3.05, 3.63) is 81.0 Å². The number of carbonyl (C=O) groups excluding carboxylic acids is 2. The Hall–Kier alpha value is -3.29. The summed E-state index contributed by atoms with van der Waals surface area (Å²) in [6, 6.07) is 14.5.